The number of nitrogens with one attached hydrogen (secondary N) is 1. The summed E-state index contributed by atoms with van der Waals surface area (Å²) in [6.45, 7) is 10.8. The summed E-state index contributed by atoms with van der Waals surface area (Å²) in [5.41, 5.74) is 0.720. The Hall–Kier alpha value is -0.0800. The van der Waals surface area contributed by atoms with E-state index < -0.39 is 0 Å². The summed E-state index contributed by atoms with van der Waals surface area (Å²) in [5, 5.41) is 3.70. The van der Waals surface area contributed by atoms with Crippen LogP contribution in [0.1, 0.15) is 59.3 Å². The van der Waals surface area contributed by atoms with Crippen LogP contribution in [0.4, 0.5) is 0 Å². The van der Waals surface area contributed by atoms with Gasteiger partial charge < -0.3 is 5.32 Å². The van der Waals surface area contributed by atoms with E-state index in [1.54, 1.807) is 0 Å². The van der Waals surface area contributed by atoms with Gasteiger partial charge in [0.1, 0.15) is 0 Å². The Bertz CT molecular complexity index is 235. The minimum absolute atomic E-state index is 0.720. The van der Waals surface area contributed by atoms with Crippen molar-refractivity contribution in [2.24, 2.45) is 5.41 Å². The summed E-state index contributed by atoms with van der Waals surface area (Å²) in [4.78, 5) is 2.80. The van der Waals surface area contributed by atoms with Crippen LogP contribution in [0.15, 0.2) is 0 Å². The molecule has 1 aliphatic carbocycles. The zero-order valence-electron chi connectivity index (χ0n) is 12.0. The van der Waals surface area contributed by atoms with E-state index in [1.807, 2.05) is 0 Å². The molecule has 2 aliphatic rings. The van der Waals surface area contributed by atoms with E-state index in [9.17, 15) is 0 Å². The van der Waals surface area contributed by atoms with E-state index in [4.69, 9.17) is 0 Å². The number of nitrogens with zero attached hydrogens (tertiary/aromatic N) is 1. The molecule has 2 nitrogen and oxygen atoms in total. The van der Waals surface area contributed by atoms with Gasteiger partial charge in [-0.1, -0.05) is 27.2 Å². The minimum atomic E-state index is 0.720. The molecule has 1 heterocycles. The van der Waals surface area contributed by atoms with Gasteiger partial charge in [-0.05, 0) is 37.5 Å². The molecule has 100 valence electrons. The topological polar surface area (TPSA) is 15.3 Å². The molecule has 0 amide bonds. The second-order valence-corrected chi connectivity index (χ2v) is 6.25. The summed E-state index contributed by atoms with van der Waals surface area (Å²) in [5.74, 6) is 0. The van der Waals surface area contributed by atoms with Crippen LogP contribution in [-0.2, 0) is 0 Å². The number of piperazine rings is 1. The van der Waals surface area contributed by atoms with E-state index in [-0.39, 0.29) is 0 Å². The predicted molar refractivity (Wildman–Crippen MR) is 74.3 cm³/mol. The zero-order valence-corrected chi connectivity index (χ0v) is 12.0. The number of rotatable bonds is 6. The molecule has 0 radical (unpaired) electrons. The average molecular weight is 238 g/mol. The fraction of sp³-hybridized carbons (Fsp3) is 1.00. The van der Waals surface area contributed by atoms with Crippen molar-refractivity contribution in [3.63, 3.8) is 0 Å². The Balaban J connectivity index is 1.91. The molecule has 2 heteroatoms. The van der Waals surface area contributed by atoms with Gasteiger partial charge in [-0.15, -0.1) is 0 Å². The first-order valence-corrected chi connectivity index (χ1v) is 7.70. The minimum Gasteiger partial charge on any atom is -0.311 e. The van der Waals surface area contributed by atoms with Gasteiger partial charge in [0, 0.05) is 31.7 Å². The third-order valence-corrected chi connectivity index (χ3v) is 4.85. The van der Waals surface area contributed by atoms with E-state index in [2.05, 4.69) is 31.0 Å². The molecule has 1 N–H and O–H groups in total. The SMILES string of the molecule is CCCC1(CN2CC(CC)NCC2CC)CC1. The first-order valence-electron chi connectivity index (χ1n) is 7.70. The van der Waals surface area contributed by atoms with Crippen molar-refractivity contribution < 1.29 is 0 Å². The Morgan fingerprint density at radius 3 is 2.47 bits per heavy atom. The van der Waals surface area contributed by atoms with Gasteiger partial charge in [-0.2, -0.15) is 0 Å². The highest BCUT2D eigenvalue weighted by molar-refractivity contribution is 4.98. The number of hydrogen-bond acceptors (Lipinski definition) is 2. The van der Waals surface area contributed by atoms with Crippen molar-refractivity contribution in [1.82, 2.24) is 10.2 Å². The van der Waals surface area contributed by atoms with Crippen LogP contribution in [0.2, 0.25) is 0 Å². The second kappa shape index (κ2) is 5.71. The first kappa shape index (κ1) is 13.4. The molecule has 0 bridgehead atoms. The normalized spacial score (nSPS) is 32.6. The molecule has 2 fully saturated rings. The Morgan fingerprint density at radius 2 is 1.94 bits per heavy atom. The largest absolute Gasteiger partial charge is 0.311 e. The third kappa shape index (κ3) is 3.23. The van der Waals surface area contributed by atoms with Gasteiger partial charge in [0.15, 0.2) is 0 Å². The van der Waals surface area contributed by atoms with Gasteiger partial charge in [0.25, 0.3) is 0 Å². The molecule has 1 aliphatic heterocycles. The molecule has 2 atom stereocenters. The molecule has 0 aromatic carbocycles. The van der Waals surface area contributed by atoms with Crippen LogP contribution >= 0.6 is 0 Å². The van der Waals surface area contributed by atoms with Crippen LogP contribution in [-0.4, -0.2) is 36.6 Å². The van der Waals surface area contributed by atoms with E-state index in [1.165, 1.54) is 58.2 Å². The summed E-state index contributed by atoms with van der Waals surface area (Å²) >= 11 is 0. The standard InChI is InChI=1S/C15H30N2/c1-4-7-15(8-9-15)12-17-11-13(5-2)16-10-14(17)6-3/h13-14,16H,4-12H2,1-3H3. The van der Waals surface area contributed by atoms with Crippen LogP contribution < -0.4 is 5.32 Å². The van der Waals surface area contributed by atoms with Gasteiger partial charge >= 0.3 is 0 Å². The van der Waals surface area contributed by atoms with Crippen molar-refractivity contribution in [1.29, 1.82) is 0 Å². The lowest BCUT2D eigenvalue weighted by Crippen LogP contribution is -2.57. The monoisotopic (exact) mass is 238 g/mol. The van der Waals surface area contributed by atoms with Gasteiger partial charge in [0.2, 0.25) is 0 Å². The van der Waals surface area contributed by atoms with E-state index >= 15 is 0 Å². The molecule has 17 heavy (non-hydrogen) atoms. The van der Waals surface area contributed by atoms with Crippen molar-refractivity contribution in [3.05, 3.63) is 0 Å². The highest BCUT2D eigenvalue weighted by atomic mass is 15.2. The van der Waals surface area contributed by atoms with Crippen LogP contribution in [0, 0.1) is 5.41 Å². The van der Waals surface area contributed by atoms with Gasteiger partial charge in [-0.25, -0.2) is 0 Å². The molecule has 0 aromatic rings. The Morgan fingerprint density at radius 1 is 1.18 bits per heavy atom. The highest BCUT2D eigenvalue weighted by Crippen LogP contribution is 2.50. The second-order valence-electron chi connectivity index (χ2n) is 6.25. The molecule has 0 spiro atoms. The van der Waals surface area contributed by atoms with Crippen molar-refractivity contribution in [3.8, 4) is 0 Å². The van der Waals surface area contributed by atoms with E-state index in [0.717, 1.165) is 17.5 Å². The Labute approximate surface area is 107 Å². The molecular formula is C15H30N2. The quantitative estimate of drug-likeness (QED) is 0.765. The molecule has 0 aromatic heterocycles. The van der Waals surface area contributed by atoms with Crippen molar-refractivity contribution in [2.45, 2.75) is 71.4 Å². The number of hydrogen-bond donors (Lipinski definition) is 1. The summed E-state index contributed by atoms with van der Waals surface area (Å²) in [7, 11) is 0. The third-order valence-electron chi connectivity index (χ3n) is 4.85. The Kier molecular flexibility index (Phi) is 4.48. The molecule has 2 rings (SSSR count). The van der Waals surface area contributed by atoms with Crippen LogP contribution in [0.3, 0.4) is 0 Å². The molecule has 1 saturated carbocycles. The maximum absolute atomic E-state index is 3.70. The van der Waals surface area contributed by atoms with Crippen molar-refractivity contribution in [2.75, 3.05) is 19.6 Å². The smallest absolute Gasteiger partial charge is 0.0219 e. The highest BCUT2D eigenvalue weighted by Gasteiger charge is 2.44. The van der Waals surface area contributed by atoms with E-state index in [0.29, 0.717) is 0 Å². The summed E-state index contributed by atoms with van der Waals surface area (Å²) in [6.07, 6.45) is 8.35. The lowest BCUT2D eigenvalue weighted by atomic mass is 9.96. The fourth-order valence-electron chi connectivity index (χ4n) is 3.42. The summed E-state index contributed by atoms with van der Waals surface area (Å²) < 4.78 is 0. The predicted octanol–water partition coefficient (Wildman–Crippen LogP) is 3.03. The maximum atomic E-state index is 3.70. The molecule has 2 unspecified atom stereocenters. The molecular weight excluding hydrogens is 208 g/mol. The summed E-state index contributed by atoms with van der Waals surface area (Å²) in [6, 6.07) is 1.52. The van der Waals surface area contributed by atoms with Crippen LogP contribution in [0.5, 0.6) is 0 Å². The zero-order chi connectivity index (χ0) is 12.3. The maximum Gasteiger partial charge on any atom is 0.0219 e. The lowest BCUT2D eigenvalue weighted by Gasteiger charge is -2.41. The average Bonchev–Trinajstić information content (AvgIpc) is 3.09. The van der Waals surface area contributed by atoms with Gasteiger partial charge in [-0.3, -0.25) is 4.90 Å². The van der Waals surface area contributed by atoms with Crippen LogP contribution in [0.25, 0.3) is 0 Å². The lowest BCUT2D eigenvalue weighted by molar-refractivity contribution is 0.0968. The fourth-order valence-corrected chi connectivity index (χ4v) is 3.42. The first-order chi connectivity index (χ1) is 8.23. The molecule has 1 saturated heterocycles. The van der Waals surface area contributed by atoms with Gasteiger partial charge in [0.05, 0.1) is 0 Å². The van der Waals surface area contributed by atoms with Crippen molar-refractivity contribution >= 4 is 0 Å².